The lowest BCUT2D eigenvalue weighted by molar-refractivity contribution is -0.155. The van der Waals surface area contributed by atoms with Crippen molar-refractivity contribution in [3.63, 3.8) is 0 Å². The van der Waals surface area contributed by atoms with Gasteiger partial charge in [-0.05, 0) is 108 Å². The normalized spacial score (nSPS) is 23.6. The first kappa shape index (κ1) is 55.9. The van der Waals surface area contributed by atoms with Gasteiger partial charge in [0, 0.05) is 106 Å². The number of anilines is 1. The molecule has 426 valence electrons. The number of nitrogens with one attached hydrogen (secondary N) is 2. The minimum Gasteiger partial charge on any atom is -0.464 e. The molecule has 20 heteroatoms. The fourth-order valence-electron chi connectivity index (χ4n) is 12.7. The van der Waals surface area contributed by atoms with Gasteiger partial charge >= 0.3 is 12.0 Å². The van der Waals surface area contributed by atoms with Crippen LogP contribution in [0.4, 0.5) is 10.5 Å². The van der Waals surface area contributed by atoms with Gasteiger partial charge in [0.2, 0.25) is 17.7 Å². The van der Waals surface area contributed by atoms with Crippen molar-refractivity contribution in [1.82, 2.24) is 49.9 Å². The molecule has 10 rings (SSSR count). The predicted molar refractivity (Wildman–Crippen MR) is 298 cm³/mol. The third-order valence-electron chi connectivity index (χ3n) is 17.3. The fourth-order valence-corrected chi connectivity index (χ4v) is 12.7. The lowest BCUT2D eigenvalue weighted by atomic mass is 9.84. The molecule has 6 aliphatic rings. The molecule has 8 heterocycles. The average Bonchev–Trinajstić information content (AvgIpc) is 4.23. The summed E-state index contributed by atoms with van der Waals surface area (Å²) in [5.41, 5.74) is 9.19. The molecule has 5 atom stereocenters. The molecular formula is C59H81N11O9. The number of aromatic nitrogens is 3. The first-order valence-electron chi connectivity index (χ1n) is 28.6. The molecular weight excluding hydrogens is 1010 g/mol. The van der Waals surface area contributed by atoms with E-state index in [9.17, 15) is 24.0 Å². The summed E-state index contributed by atoms with van der Waals surface area (Å²) in [5.74, 6) is -1.65. The summed E-state index contributed by atoms with van der Waals surface area (Å²) < 4.78 is 27.2. The van der Waals surface area contributed by atoms with E-state index in [1.54, 1.807) is 24.0 Å². The lowest BCUT2D eigenvalue weighted by Gasteiger charge is -2.41. The van der Waals surface area contributed by atoms with Crippen molar-refractivity contribution < 1.29 is 42.6 Å². The zero-order chi connectivity index (χ0) is 56.1. The largest absolute Gasteiger partial charge is 0.464 e. The molecule has 2 N–H and O–H groups in total. The van der Waals surface area contributed by atoms with E-state index in [1.165, 1.54) is 35.1 Å². The van der Waals surface area contributed by atoms with Crippen LogP contribution in [0.5, 0.6) is 0 Å². The molecule has 1 spiro atoms. The highest BCUT2D eigenvalue weighted by Gasteiger charge is 2.48. The summed E-state index contributed by atoms with van der Waals surface area (Å²) in [6.07, 6.45) is 9.15. The number of aryl methyl sites for hydroxylation is 1. The van der Waals surface area contributed by atoms with Gasteiger partial charge in [-0.3, -0.25) is 34.1 Å². The number of ether oxygens (including phenoxy) is 3. The third-order valence-corrected chi connectivity index (χ3v) is 17.3. The molecule has 1 saturated carbocycles. The number of likely N-dealkylation sites (N-methyl/N-ethyl adjacent to an activating group) is 1. The number of methoxy groups -OCH3 is 1. The van der Waals surface area contributed by atoms with Gasteiger partial charge in [0.05, 0.1) is 53.8 Å². The van der Waals surface area contributed by atoms with Crippen LogP contribution in [0.25, 0.3) is 33.6 Å². The highest BCUT2D eigenvalue weighted by Crippen LogP contribution is 2.44. The van der Waals surface area contributed by atoms with E-state index in [-0.39, 0.29) is 43.5 Å². The topological polar surface area (TPSA) is 200 Å². The Labute approximate surface area is 464 Å². The number of nitrogens with zero attached hydrogens (tertiary/aromatic N) is 9. The van der Waals surface area contributed by atoms with Crippen LogP contribution in [0.2, 0.25) is 0 Å². The van der Waals surface area contributed by atoms with Crippen molar-refractivity contribution in [2.45, 2.75) is 148 Å². The molecule has 1 aromatic carbocycles. The SMILES string of the molecule is C=CC(=O)N1CC2(CCN(C(=O)N(C)[C@H](C(=O)N[C@H]3Cc4coc(n4)-c4ccc5c(c4)c(c(-c4cc(N6CCN(C7CC7)CC6)cnc4[C@H](C)OC)n5CC)CC(C)(C)COC(=O)[C@@H]4CCCN(N4)C3=O)C(C)C)CC2)O[C@@H]1C. The quantitative estimate of drug-likeness (QED) is 0.125. The van der Waals surface area contributed by atoms with Crippen molar-refractivity contribution in [1.29, 1.82) is 0 Å². The van der Waals surface area contributed by atoms with Crippen LogP contribution < -0.4 is 15.6 Å². The molecule has 4 aromatic rings. The number of hydrogen-bond donors (Lipinski definition) is 2. The number of pyridine rings is 1. The van der Waals surface area contributed by atoms with Crippen LogP contribution in [0.3, 0.4) is 0 Å². The number of rotatable bonds is 11. The number of piperazine rings is 1. The number of amides is 5. The maximum Gasteiger partial charge on any atom is 0.324 e. The Morgan fingerprint density at radius 1 is 1.03 bits per heavy atom. The summed E-state index contributed by atoms with van der Waals surface area (Å²) in [6, 6.07) is 5.94. The van der Waals surface area contributed by atoms with Crippen molar-refractivity contribution in [2.75, 3.05) is 78.0 Å². The molecule has 5 aliphatic heterocycles. The second-order valence-corrected chi connectivity index (χ2v) is 23.9. The van der Waals surface area contributed by atoms with Gasteiger partial charge in [-0.1, -0.05) is 34.3 Å². The van der Waals surface area contributed by atoms with Gasteiger partial charge in [0.25, 0.3) is 5.91 Å². The summed E-state index contributed by atoms with van der Waals surface area (Å²) in [5, 5.41) is 5.43. The zero-order valence-corrected chi connectivity index (χ0v) is 47.7. The Kier molecular flexibility index (Phi) is 16.0. The highest BCUT2D eigenvalue weighted by atomic mass is 16.5. The molecule has 3 aromatic heterocycles. The number of cyclic esters (lactones) is 1. The molecule has 5 amide bonds. The van der Waals surface area contributed by atoms with Crippen LogP contribution in [-0.2, 0) is 52.8 Å². The molecule has 0 radical (unpaired) electrons. The standard InChI is InChI=1S/C59H81N11O9/c1-11-49(71)69-34-59(79-38(69)6)19-22-67(23-20-59)57(75)64(9)51(36(3)4)53(72)62-47-29-40-33-77-54(61-40)39-15-18-48-43(28-39)45(31-58(7,8)35-78-56(74)46-14-13-21-70(63-46)55(47)73)52(68(48)12-2)44-30-42(32-60-50(44)37(5)76-10)66-26-24-65(25-27-66)41-16-17-41/h11,15,18,28,30,32-33,36-38,41,46-47,51,63H,1,12-14,16-17,19-27,29,31,34-35H2,2-10H3,(H,62,72)/t37-,38+,46-,47-,51-/m0/s1. The van der Waals surface area contributed by atoms with E-state index >= 15 is 0 Å². The Balaban J connectivity index is 0.965. The summed E-state index contributed by atoms with van der Waals surface area (Å²) in [6.45, 7) is 23.7. The van der Waals surface area contributed by atoms with E-state index in [0.717, 1.165) is 76.9 Å². The molecule has 4 saturated heterocycles. The van der Waals surface area contributed by atoms with Crippen LogP contribution >= 0.6 is 0 Å². The Morgan fingerprint density at radius 3 is 2.46 bits per heavy atom. The van der Waals surface area contributed by atoms with E-state index in [2.05, 4.69) is 70.7 Å². The minimum atomic E-state index is -1.17. The van der Waals surface area contributed by atoms with Crippen molar-refractivity contribution in [3.8, 4) is 22.7 Å². The second kappa shape index (κ2) is 22.7. The average molecular weight is 1090 g/mol. The number of fused-ring (bicyclic) bond motifs is 6. The first-order valence-corrected chi connectivity index (χ1v) is 28.6. The Bertz CT molecular complexity index is 2950. The number of carbonyl (C=O) groups is 5. The van der Waals surface area contributed by atoms with Gasteiger partial charge < -0.3 is 48.1 Å². The second-order valence-electron chi connectivity index (χ2n) is 23.9. The molecule has 20 nitrogen and oxygen atoms in total. The molecule has 6 bridgehead atoms. The predicted octanol–water partition coefficient (Wildman–Crippen LogP) is 6.32. The third kappa shape index (κ3) is 11.4. The maximum absolute atomic E-state index is 14.8. The van der Waals surface area contributed by atoms with E-state index in [1.807, 2.05) is 40.0 Å². The zero-order valence-electron chi connectivity index (χ0n) is 47.7. The van der Waals surface area contributed by atoms with Gasteiger partial charge in [0.1, 0.15) is 30.6 Å². The van der Waals surface area contributed by atoms with Crippen molar-refractivity contribution in [2.24, 2.45) is 11.3 Å². The van der Waals surface area contributed by atoms with E-state index < -0.39 is 53.2 Å². The van der Waals surface area contributed by atoms with E-state index in [0.29, 0.717) is 69.9 Å². The molecule has 5 fully saturated rings. The highest BCUT2D eigenvalue weighted by molar-refractivity contribution is 5.96. The number of hydrogen-bond acceptors (Lipinski definition) is 14. The van der Waals surface area contributed by atoms with Crippen molar-refractivity contribution >= 4 is 46.3 Å². The fraction of sp³-hybridized carbons (Fsp3) is 0.610. The molecule has 1 aliphatic carbocycles. The number of benzene rings is 1. The van der Waals surface area contributed by atoms with Gasteiger partial charge in [0.15, 0.2) is 0 Å². The minimum absolute atomic E-state index is 0.0423. The number of hydrazine groups is 1. The molecule has 79 heavy (non-hydrogen) atoms. The van der Waals surface area contributed by atoms with Crippen LogP contribution in [0.1, 0.15) is 110 Å². The Morgan fingerprint density at radius 2 is 1.77 bits per heavy atom. The number of likely N-dealkylation sites (tertiary alicyclic amines) is 1. The Hall–Kier alpha value is -6.35. The smallest absolute Gasteiger partial charge is 0.324 e. The maximum atomic E-state index is 14.8. The van der Waals surface area contributed by atoms with Gasteiger partial charge in [-0.15, -0.1) is 0 Å². The lowest BCUT2D eigenvalue weighted by Crippen LogP contribution is -2.62. The number of piperidine rings is 1. The molecule has 0 unspecified atom stereocenters. The number of carbonyl (C=O) groups excluding carboxylic acids is 5. The van der Waals surface area contributed by atoms with Crippen LogP contribution in [0, 0.1) is 11.3 Å². The van der Waals surface area contributed by atoms with E-state index in [4.69, 9.17) is 28.6 Å². The van der Waals surface area contributed by atoms with Gasteiger partial charge in [-0.2, -0.15) is 0 Å². The summed E-state index contributed by atoms with van der Waals surface area (Å²) in [7, 11) is 3.32. The summed E-state index contributed by atoms with van der Waals surface area (Å²) in [4.78, 5) is 90.6. The number of esters is 1. The number of oxazole rings is 1. The van der Waals surface area contributed by atoms with Crippen LogP contribution in [-0.4, -0.2) is 178 Å². The summed E-state index contributed by atoms with van der Waals surface area (Å²) >= 11 is 0. The van der Waals surface area contributed by atoms with Crippen LogP contribution in [0.15, 0.2) is 53.8 Å². The van der Waals surface area contributed by atoms with Gasteiger partial charge in [-0.25, -0.2) is 15.2 Å². The first-order chi connectivity index (χ1) is 37.8. The number of urea groups is 1. The van der Waals surface area contributed by atoms with Crippen molar-refractivity contribution in [3.05, 3.63) is 66.3 Å². The monoisotopic (exact) mass is 1090 g/mol.